The van der Waals surface area contributed by atoms with Crippen LogP contribution >= 0.6 is 11.6 Å². The first-order valence-electron chi connectivity index (χ1n) is 6.83. The summed E-state index contributed by atoms with van der Waals surface area (Å²) >= 11 is 6.08. The van der Waals surface area contributed by atoms with Crippen molar-refractivity contribution in [3.8, 4) is 16.9 Å². The molecule has 0 aromatic heterocycles. The van der Waals surface area contributed by atoms with Gasteiger partial charge in [-0.05, 0) is 42.8 Å². The molecule has 2 aromatic rings. The number of hydrogen-bond acceptors (Lipinski definition) is 2. The first-order chi connectivity index (χ1) is 9.65. The number of halogens is 1. The smallest absolute Gasteiger partial charge is 0.126 e. The van der Waals surface area contributed by atoms with Crippen LogP contribution in [0, 0.1) is 0 Å². The number of ether oxygens (including phenoxy) is 1. The van der Waals surface area contributed by atoms with E-state index in [1.165, 1.54) is 5.56 Å². The molecule has 1 unspecified atom stereocenters. The second kappa shape index (κ2) is 6.78. The lowest BCUT2D eigenvalue weighted by molar-refractivity contribution is 0.416. The highest BCUT2D eigenvalue weighted by molar-refractivity contribution is 6.31. The first kappa shape index (κ1) is 14.9. The van der Waals surface area contributed by atoms with Gasteiger partial charge in [-0.15, -0.1) is 0 Å². The largest absolute Gasteiger partial charge is 0.496 e. The van der Waals surface area contributed by atoms with Gasteiger partial charge in [-0.3, -0.25) is 0 Å². The molecule has 20 heavy (non-hydrogen) atoms. The fraction of sp³-hybridized carbons (Fsp3) is 0.294. The van der Waals surface area contributed by atoms with E-state index in [9.17, 15) is 0 Å². The maximum absolute atomic E-state index is 6.08. The average Bonchev–Trinajstić information content (AvgIpc) is 2.47. The van der Waals surface area contributed by atoms with Crippen molar-refractivity contribution >= 4 is 11.6 Å². The summed E-state index contributed by atoms with van der Waals surface area (Å²) in [4.78, 5) is 0. The third-order valence-corrected chi connectivity index (χ3v) is 3.63. The van der Waals surface area contributed by atoms with E-state index in [0.717, 1.165) is 23.4 Å². The monoisotopic (exact) mass is 289 g/mol. The minimum Gasteiger partial charge on any atom is -0.496 e. The van der Waals surface area contributed by atoms with Gasteiger partial charge in [-0.2, -0.15) is 0 Å². The van der Waals surface area contributed by atoms with Gasteiger partial charge in [0.1, 0.15) is 5.75 Å². The van der Waals surface area contributed by atoms with E-state index in [2.05, 4.69) is 43.4 Å². The molecule has 0 aliphatic rings. The molecule has 2 aromatic carbocycles. The number of hydrogen-bond donors (Lipinski definition) is 1. The quantitative estimate of drug-likeness (QED) is 0.862. The fourth-order valence-corrected chi connectivity index (χ4v) is 2.45. The molecule has 106 valence electrons. The van der Waals surface area contributed by atoms with Crippen LogP contribution in [0.25, 0.3) is 11.1 Å². The molecular weight excluding hydrogens is 270 g/mol. The Kier molecular flexibility index (Phi) is 5.05. The van der Waals surface area contributed by atoms with Crippen LogP contribution in [-0.2, 0) is 0 Å². The summed E-state index contributed by atoms with van der Waals surface area (Å²) in [6.07, 6.45) is 0. The van der Waals surface area contributed by atoms with Gasteiger partial charge in [-0.1, -0.05) is 42.8 Å². The predicted molar refractivity (Wildman–Crippen MR) is 85.5 cm³/mol. The molecule has 0 aliphatic heterocycles. The van der Waals surface area contributed by atoms with Crippen LogP contribution in [0.3, 0.4) is 0 Å². The zero-order chi connectivity index (χ0) is 14.5. The van der Waals surface area contributed by atoms with Crippen LogP contribution in [0.1, 0.15) is 25.5 Å². The molecule has 0 fully saturated rings. The molecule has 2 rings (SSSR count). The Balaban J connectivity index is 2.32. The van der Waals surface area contributed by atoms with Crippen molar-refractivity contribution in [3.05, 3.63) is 53.1 Å². The summed E-state index contributed by atoms with van der Waals surface area (Å²) in [7, 11) is 1.67. The Morgan fingerprint density at radius 1 is 1.15 bits per heavy atom. The van der Waals surface area contributed by atoms with E-state index in [4.69, 9.17) is 16.3 Å². The van der Waals surface area contributed by atoms with Crippen molar-refractivity contribution < 1.29 is 4.74 Å². The summed E-state index contributed by atoms with van der Waals surface area (Å²) in [5.74, 6) is 0.835. The highest BCUT2D eigenvalue weighted by Crippen LogP contribution is 2.33. The van der Waals surface area contributed by atoms with Gasteiger partial charge in [0.25, 0.3) is 0 Å². The highest BCUT2D eigenvalue weighted by atomic mass is 35.5. The number of rotatable bonds is 5. The van der Waals surface area contributed by atoms with Gasteiger partial charge in [-0.25, -0.2) is 0 Å². The fourth-order valence-electron chi connectivity index (χ4n) is 2.28. The van der Waals surface area contributed by atoms with E-state index in [1.807, 2.05) is 18.2 Å². The minimum atomic E-state index is 0.357. The van der Waals surface area contributed by atoms with E-state index in [-0.39, 0.29) is 0 Å². The third-order valence-electron chi connectivity index (χ3n) is 3.39. The summed E-state index contributed by atoms with van der Waals surface area (Å²) < 4.78 is 5.40. The molecule has 0 amide bonds. The van der Waals surface area contributed by atoms with E-state index in [0.29, 0.717) is 11.1 Å². The van der Waals surface area contributed by atoms with Crippen LogP contribution < -0.4 is 10.1 Å². The summed E-state index contributed by atoms with van der Waals surface area (Å²) in [5.41, 5.74) is 3.40. The SMILES string of the molecule is CCNC(C)c1ccc(-c2cc(Cl)ccc2OC)cc1. The van der Waals surface area contributed by atoms with Crippen molar-refractivity contribution in [2.45, 2.75) is 19.9 Å². The Morgan fingerprint density at radius 3 is 2.45 bits per heavy atom. The van der Waals surface area contributed by atoms with E-state index in [1.54, 1.807) is 7.11 Å². The maximum Gasteiger partial charge on any atom is 0.126 e. The second-order valence-corrected chi connectivity index (χ2v) is 5.18. The predicted octanol–water partition coefficient (Wildman–Crippen LogP) is 4.69. The zero-order valence-corrected chi connectivity index (χ0v) is 12.9. The van der Waals surface area contributed by atoms with Crippen molar-refractivity contribution in [3.63, 3.8) is 0 Å². The number of methoxy groups -OCH3 is 1. The maximum atomic E-state index is 6.08. The molecular formula is C17H20ClNO. The molecule has 0 aliphatic carbocycles. The van der Waals surface area contributed by atoms with Gasteiger partial charge < -0.3 is 10.1 Å². The Bertz CT molecular complexity index is 566. The molecule has 1 atom stereocenters. The molecule has 0 saturated carbocycles. The van der Waals surface area contributed by atoms with Crippen LogP contribution in [0.2, 0.25) is 5.02 Å². The molecule has 0 saturated heterocycles. The Hall–Kier alpha value is -1.51. The molecule has 1 N–H and O–H groups in total. The van der Waals surface area contributed by atoms with Gasteiger partial charge in [0, 0.05) is 16.6 Å². The van der Waals surface area contributed by atoms with Crippen LogP contribution in [0.4, 0.5) is 0 Å². The lowest BCUT2D eigenvalue weighted by Crippen LogP contribution is -2.17. The minimum absolute atomic E-state index is 0.357. The molecule has 3 heteroatoms. The third kappa shape index (κ3) is 3.33. The molecule has 0 spiro atoms. The van der Waals surface area contributed by atoms with Gasteiger partial charge in [0.05, 0.1) is 7.11 Å². The normalized spacial score (nSPS) is 12.2. The van der Waals surface area contributed by atoms with E-state index >= 15 is 0 Å². The van der Waals surface area contributed by atoms with Crippen molar-refractivity contribution in [2.75, 3.05) is 13.7 Å². The standard InChI is InChI=1S/C17H20ClNO/c1-4-19-12(2)13-5-7-14(8-6-13)16-11-15(18)9-10-17(16)20-3/h5-12,19H,4H2,1-3H3. The molecule has 0 heterocycles. The van der Waals surface area contributed by atoms with Gasteiger partial charge >= 0.3 is 0 Å². The average molecular weight is 290 g/mol. The summed E-state index contributed by atoms with van der Waals surface area (Å²) in [6, 6.07) is 14.5. The number of nitrogens with one attached hydrogen (secondary N) is 1. The first-order valence-corrected chi connectivity index (χ1v) is 7.20. The summed E-state index contributed by atoms with van der Waals surface area (Å²) in [6.45, 7) is 5.24. The topological polar surface area (TPSA) is 21.3 Å². The Morgan fingerprint density at radius 2 is 1.85 bits per heavy atom. The molecule has 0 radical (unpaired) electrons. The van der Waals surface area contributed by atoms with Crippen LogP contribution in [0.5, 0.6) is 5.75 Å². The van der Waals surface area contributed by atoms with E-state index < -0.39 is 0 Å². The molecule has 2 nitrogen and oxygen atoms in total. The zero-order valence-electron chi connectivity index (χ0n) is 12.1. The second-order valence-electron chi connectivity index (χ2n) is 4.75. The number of benzene rings is 2. The Labute approximate surface area is 125 Å². The van der Waals surface area contributed by atoms with Gasteiger partial charge in [0.15, 0.2) is 0 Å². The van der Waals surface area contributed by atoms with Crippen molar-refractivity contribution in [1.82, 2.24) is 5.32 Å². The van der Waals surface area contributed by atoms with Crippen LogP contribution in [-0.4, -0.2) is 13.7 Å². The highest BCUT2D eigenvalue weighted by Gasteiger charge is 2.08. The van der Waals surface area contributed by atoms with Crippen molar-refractivity contribution in [1.29, 1.82) is 0 Å². The lowest BCUT2D eigenvalue weighted by Gasteiger charge is -2.14. The van der Waals surface area contributed by atoms with Gasteiger partial charge in [0.2, 0.25) is 0 Å². The summed E-state index contributed by atoms with van der Waals surface area (Å²) in [5, 5.41) is 4.12. The van der Waals surface area contributed by atoms with Crippen molar-refractivity contribution in [2.24, 2.45) is 0 Å². The van der Waals surface area contributed by atoms with Crippen LogP contribution in [0.15, 0.2) is 42.5 Å². The molecule has 0 bridgehead atoms. The lowest BCUT2D eigenvalue weighted by atomic mass is 10.0.